The highest BCUT2D eigenvalue weighted by molar-refractivity contribution is 5.97. The van der Waals surface area contributed by atoms with E-state index in [4.69, 9.17) is 30.1 Å². The second-order valence-corrected chi connectivity index (χ2v) is 8.21. The Morgan fingerprint density at radius 2 is 1.65 bits per heavy atom. The van der Waals surface area contributed by atoms with E-state index in [2.05, 4.69) is 9.98 Å². The number of carbonyl (C=O) groups is 1. The van der Waals surface area contributed by atoms with E-state index >= 15 is 0 Å². The van der Waals surface area contributed by atoms with Gasteiger partial charge in [0.1, 0.15) is 23.1 Å². The molecule has 3 aromatic rings. The highest BCUT2D eigenvalue weighted by Gasteiger charge is 2.18. The van der Waals surface area contributed by atoms with Crippen molar-refractivity contribution in [3.05, 3.63) is 77.9 Å². The SMILES string of the molecule is COc1cc(OC2=NC(Oc3cc(C(=N)N)ccc3Oc3ccccc3)=NCC2)cc(C(=O)N(C)C)c1. The number of hydrogen-bond acceptors (Lipinski definition) is 8. The topological polar surface area (TPSA) is 132 Å². The minimum absolute atomic E-state index is 0.0624. The summed E-state index contributed by atoms with van der Waals surface area (Å²) in [6, 6.07) is 19.2. The molecule has 190 valence electrons. The van der Waals surface area contributed by atoms with Crippen molar-refractivity contribution in [2.75, 3.05) is 27.7 Å². The Balaban J connectivity index is 1.58. The number of methoxy groups -OCH3 is 1. The molecule has 10 heteroatoms. The Morgan fingerprint density at radius 1 is 0.892 bits per heavy atom. The van der Waals surface area contributed by atoms with Crippen molar-refractivity contribution in [3.63, 3.8) is 0 Å². The molecule has 1 heterocycles. The molecule has 0 spiro atoms. The molecule has 10 nitrogen and oxygen atoms in total. The van der Waals surface area contributed by atoms with Gasteiger partial charge in [0.15, 0.2) is 11.5 Å². The summed E-state index contributed by atoms with van der Waals surface area (Å²) >= 11 is 0. The average molecular weight is 502 g/mol. The zero-order chi connectivity index (χ0) is 26.4. The van der Waals surface area contributed by atoms with Gasteiger partial charge in [0.05, 0.1) is 13.7 Å². The molecular weight excluding hydrogens is 474 g/mol. The third-order valence-electron chi connectivity index (χ3n) is 5.22. The van der Waals surface area contributed by atoms with Gasteiger partial charge in [-0.15, -0.1) is 0 Å². The number of nitrogens with one attached hydrogen (secondary N) is 1. The van der Waals surface area contributed by atoms with Crippen LogP contribution in [0.4, 0.5) is 0 Å². The normalized spacial score (nSPS) is 12.6. The molecule has 0 fully saturated rings. The summed E-state index contributed by atoms with van der Waals surface area (Å²) in [5.74, 6) is 2.25. The number of amides is 1. The first kappa shape index (κ1) is 25.2. The number of amidine groups is 2. The summed E-state index contributed by atoms with van der Waals surface area (Å²) in [5, 5.41) is 7.77. The van der Waals surface area contributed by atoms with Crippen LogP contribution in [0, 0.1) is 5.41 Å². The van der Waals surface area contributed by atoms with E-state index in [1.54, 1.807) is 50.5 Å². The maximum absolute atomic E-state index is 12.5. The van der Waals surface area contributed by atoms with Crippen LogP contribution in [0.1, 0.15) is 22.3 Å². The lowest BCUT2D eigenvalue weighted by Crippen LogP contribution is -2.23. The number of carbonyl (C=O) groups excluding carboxylic acids is 1. The van der Waals surface area contributed by atoms with Crippen LogP contribution in [-0.2, 0) is 0 Å². The van der Waals surface area contributed by atoms with Gasteiger partial charge in [-0.05, 0) is 42.5 Å². The van der Waals surface area contributed by atoms with Gasteiger partial charge in [-0.2, -0.15) is 4.99 Å². The molecule has 0 saturated carbocycles. The number of benzene rings is 3. The molecule has 0 atom stereocenters. The van der Waals surface area contributed by atoms with Crippen LogP contribution < -0.4 is 24.7 Å². The van der Waals surface area contributed by atoms with Crippen molar-refractivity contribution in [2.45, 2.75) is 6.42 Å². The Kier molecular flexibility index (Phi) is 7.68. The predicted molar refractivity (Wildman–Crippen MR) is 141 cm³/mol. The summed E-state index contributed by atoms with van der Waals surface area (Å²) in [7, 11) is 4.86. The zero-order valence-corrected chi connectivity index (χ0v) is 20.7. The number of nitrogen functional groups attached to an aromatic ring is 1. The van der Waals surface area contributed by atoms with Crippen LogP contribution in [0.3, 0.4) is 0 Å². The molecule has 1 amide bonds. The molecule has 0 aromatic heterocycles. The van der Waals surface area contributed by atoms with Gasteiger partial charge in [-0.25, -0.2) is 4.99 Å². The Morgan fingerprint density at radius 3 is 2.35 bits per heavy atom. The van der Waals surface area contributed by atoms with Crippen molar-refractivity contribution in [1.29, 1.82) is 5.41 Å². The monoisotopic (exact) mass is 501 g/mol. The second kappa shape index (κ2) is 11.3. The first-order chi connectivity index (χ1) is 17.8. The molecule has 0 bridgehead atoms. The number of nitrogens with zero attached hydrogens (tertiary/aromatic N) is 3. The average Bonchev–Trinajstić information content (AvgIpc) is 2.89. The Hall–Kier alpha value is -4.86. The zero-order valence-electron chi connectivity index (χ0n) is 20.7. The van der Waals surface area contributed by atoms with Gasteiger partial charge in [-0.3, -0.25) is 10.2 Å². The lowest BCUT2D eigenvalue weighted by molar-refractivity contribution is 0.0827. The fourth-order valence-corrected chi connectivity index (χ4v) is 3.39. The largest absolute Gasteiger partial charge is 0.497 e. The Bertz CT molecular complexity index is 1370. The number of nitrogens with two attached hydrogens (primary N) is 1. The number of aliphatic imine (C=N–C) groups is 2. The molecule has 3 aromatic carbocycles. The van der Waals surface area contributed by atoms with Gasteiger partial charge in [0.25, 0.3) is 5.91 Å². The van der Waals surface area contributed by atoms with Crippen LogP contribution >= 0.6 is 0 Å². The summed E-state index contributed by atoms with van der Waals surface area (Å²) in [6.45, 7) is 0.378. The fraction of sp³-hybridized carbons (Fsp3) is 0.185. The van der Waals surface area contributed by atoms with Crippen LogP contribution in [0.15, 0.2) is 76.7 Å². The predicted octanol–water partition coefficient (Wildman–Crippen LogP) is 4.09. The molecule has 1 aliphatic heterocycles. The number of ether oxygens (including phenoxy) is 4. The Labute approximate surface area is 214 Å². The third kappa shape index (κ3) is 6.43. The maximum atomic E-state index is 12.5. The van der Waals surface area contributed by atoms with E-state index in [1.807, 2.05) is 30.3 Å². The number of para-hydroxylation sites is 1. The summed E-state index contributed by atoms with van der Waals surface area (Å²) in [5.41, 5.74) is 6.55. The summed E-state index contributed by atoms with van der Waals surface area (Å²) < 4.78 is 23.2. The number of rotatable bonds is 7. The van der Waals surface area contributed by atoms with Crippen molar-refractivity contribution in [1.82, 2.24) is 4.90 Å². The highest BCUT2D eigenvalue weighted by Crippen LogP contribution is 2.33. The minimum Gasteiger partial charge on any atom is -0.497 e. The van der Waals surface area contributed by atoms with E-state index in [0.29, 0.717) is 58.7 Å². The van der Waals surface area contributed by atoms with E-state index < -0.39 is 0 Å². The third-order valence-corrected chi connectivity index (χ3v) is 5.22. The molecule has 1 aliphatic rings. The van der Waals surface area contributed by atoms with Gasteiger partial charge in [-0.1, -0.05) is 18.2 Å². The molecule has 37 heavy (non-hydrogen) atoms. The first-order valence-electron chi connectivity index (χ1n) is 11.4. The second-order valence-electron chi connectivity index (χ2n) is 8.21. The molecule has 3 N–H and O–H groups in total. The van der Waals surface area contributed by atoms with Crippen LogP contribution in [0.2, 0.25) is 0 Å². The van der Waals surface area contributed by atoms with Gasteiger partial charge >= 0.3 is 6.02 Å². The summed E-state index contributed by atoms with van der Waals surface area (Å²) in [6.07, 6.45) is 0.432. The molecule has 0 radical (unpaired) electrons. The smallest absolute Gasteiger partial charge is 0.320 e. The van der Waals surface area contributed by atoms with Crippen molar-refractivity contribution in [3.8, 4) is 28.7 Å². The molecular formula is C27H27N5O5. The first-order valence-corrected chi connectivity index (χ1v) is 11.4. The quantitative estimate of drug-likeness (QED) is 0.370. The summed E-state index contributed by atoms with van der Waals surface area (Å²) in [4.78, 5) is 22.7. The molecule has 0 aliphatic carbocycles. The van der Waals surface area contributed by atoms with Gasteiger partial charge in [0.2, 0.25) is 5.90 Å². The molecule has 0 unspecified atom stereocenters. The van der Waals surface area contributed by atoms with Gasteiger partial charge < -0.3 is 29.6 Å². The lowest BCUT2D eigenvalue weighted by atomic mass is 10.2. The molecule has 4 rings (SSSR count). The maximum Gasteiger partial charge on any atom is 0.320 e. The molecule has 0 saturated heterocycles. The highest BCUT2D eigenvalue weighted by atomic mass is 16.5. The van der Waals surface area contributed by atoms with E-state index in [0.717, 1.165) is 0 Å². The van der Waals surface area contributed by atoms with E-state index in [-0.39, 0.29) is 17.8 Å². The van der Waals surface area contributed by atoms with Crippen LogP contribution in [0.5, 0.6) is 28.7 Å². The van der Waals surface area contributed by atoms with Crippen LogP contribution in [-0.4, -0.2) is 56.3 Å². The lowest BCUT2D eigenvalue weighted by Gasteiger charge is -2.17. The minimum atomic E-state index is -0.184. The number of hydrogen-bond donors (Lipinski definition) is 2. The van der Waals surface area contributed by atoms with Crippen molar-refractivity contribution < 1.29 is 23.7 Å². The van der Waals surface area contributed by atoms with Crippen LogP contribution in [0.25, 0.3) is 0 Å². The van der Waals surface area contributed by atoms with Crippen molar-refractivity contribution in [2.24, 2.45) is 15.7 Å². The van der Waals surface area contributed by atoms with Crippen molar-refractivity contribution >= 4 is 23.7 Å². The fourth-order valence-electron chi connectivity index (χ4n) is 3.39. The van der Waals surface area contributed by atoms with Gasteiger partial charge in [0, 0.05) is 37.7 Å². The van der Waals surface area contributed by atoms with E-state index in [1.165, 1.54) is 12.0 Å². The standard InChI is InChI=1S/C27H27N5O5/c1-32(2)26(33)18-13-20(34-3)16-21(14-18)36-24-11-12-30-27(31-24)37-23-15-17(25(28)29)9-10-22(23)35-19-7-5-4-6-8-19/h4-10,13-16H,11-12H2,1-3H3,(H3,28,29). The van der Waals surface area contributed by atoms with E-state index in [9.17, 15) is 4.79 Å².